The number of benzene rings is 2. The largest absolute Gasteiger partial charge is 0.462 e. The summed E-state index contributed by atoms with van der Waals surface area (Å²) in [5.74, 6) is -0.914. The molecule has 0 fully saturated rings. The normalized spacial score (nSPS) is 10.7. The van der Waals surface area contributed by atoms with Crippen molar-refractivity contribution in [3.8, 4) is 0 Å². The van der Waals surface area contributed by atoms with E-state index in [1.54, 1.807) is 43.5 Å². The molecule has 0 spiro atoms. The van der Waals surface area contributed by atoms with E-state index in [1.165, 1.54) is 6.07 Å². The maximum absolute atomic E-state index is 14.2. The average Bonchev–Trinajstić information content (AvgIpc) is 2.58. The molecule has 3 N–H and O–H groups in total. The van der Waals surface area contributed by atoms with Gasteiger partial charge in [-0.05, 0) is 37.3 Å². The standard InChI is InChI=1S/C18H15BrFN3O2/c1-2-25-18(24)11-8-10(19)9-15(17(11)21)23-14-6-7-22-13-5-3-4-12(20)16(13)14/h3-9H,2,21H2,1H3,(H,22,23). The highest BCUT2D eigenvalue weighted by molar-refractivity contribution is 9.10. The van der Waals surface area contributed by atoms with Crippen molar-refractivity contribution >= 4 is 49.9 Å². The lowest BCUT2D eigenvalue weighted by atomic mass is 10.1. The topological polar surface area (TPSA) is 77.2 Å². The van der Waals surface area contributed by atoms with Crippen molar-refractivity contribution in [1.82, 2.24) is 4.98 Å². The molecule has 0 bridgehead atoms. The fourth-order valence-corrected chi connectivity index (χ4v) is 2.97. The quantitative estimate of drug-likeness (QED) is 0.490. The summed E-state index contributed by atoms with van der Waals surface area (Å²) in [6, 6.07) is 9.63. The zero-order chi connectivity index (χ0) is 18.0. The average molecular weight is 404 g/mol. The molecule has 5 nitrogen and oxygen atoms in total. The second-order valence-corrected chi connectivity index (χ2v) is 6.17. The molecule has 2 aromatic carbocycles. The first-order valence-corrected chi connectivity index (χ1v) is 8.37. The van der Waals surface area contributed by atoms with Gasteiger partial charge in [-0.15, -0.1) is 0 Å². The van der Waals surface area contributed by atoms with Crippen molar-refractivity contribution in [3.63, 3.8) is 0 Å². The number of pyridine rings is 1. The van der Waals surface area contributed by atoms with Gasteiger partial charge in [-0.1, -0.05) is 22.0 Å². The highest BCUT2D eigenvalue weighted by atomic mass is 79.9. The van der Waals surface area contributed by atoms with E-state index in [-0.39, 0.29) is 17.9 Å². The minimum Gasteiger partial charge on any atom is -0.462 e. The highest BCUT2D eigenvalue weighted by Crippen LogP contribution is 2.34. The molecule has 0 saturated carbocycles. The summed E-state index contributed by atoms with van der Waals surface area (Å²) < 4.78 is 19.9. The molecular weight excluding hydrogens is 389 g/mol. The number of hydrogen-bond donors (Lipinski definition) is 2. The fraction of sp³-hybridized carbons (Fsp3) is 0.111. The van der Waals surface area contributed by atoms with Crippen molar-refractivity contribution < 1.29 is 13.9 Å². The lowest BCUT2D eigenvalue weighted by Crippen LogP contribution is -2.10. The first-order valence-electron chi connectivity index (χ1n) is 7.57. The third kappa shape index (κ3) is 3.41. The summed E-state index contributed by atoms with van der Waals surface area (Å²) in [7, 11) is 0. The van der Waals surface area contributed by atoms with Crippen LogP contribution in [0.1, 0.15) is 17.3 Å². The predicted octanol–water partition coefficient (Wildman–Crippen LogP) is 4.64. The molecule has 0 radical (unpaired) electrons. The summed E-state index contributed by atoms with van der Waals surface area (Å²) >= 11 is 3.35. The van der Waals surface area contributed by atoms with Gasteiger partial charge in [0, 0.05) is 10.7 Å². The molecule has 3 aromatic rings. The molecule has 0 aliphatic heterocycles. The smallest absolute Gasteiger partial charge is 0.340 e. The number of nitrogens with two attached hydrogens (primary N) is 1. The van der Waals surface area contributed by atoms with E-state index in [4.69, 9.17) is 10.5 Å². The Bertz CT molecular complexity index is 957. The Balaban J connectivity index is 2.09. The van der Waals surface area contributed by atoms with Crippen molar-refractivity contribution in [2.45, 2.75) is 6.92 Å². The number of ether oxygens (including phenoxy) is 1. The molecule has 3 rings (SSSR count). The van der Waals surface area contributed by atoms with Crippen LogP contribution in [-0.4, -0.2) is 17.6 Å². The molecule has 128 valence electrons. The van der Waals surface area contributed by atoms with Crippen molar-refractivity contribution in [1.29, 1.82) is 0 Å². The van der Waals surface area contributed by atoms with Crippen LogP contribution in [0.5, 0.6) is 0 Å². The Morgan fingerprint density at radius 1 is 1.32 bits per heavy atom. The van der Waals surface area contributed by atoms with Crippen LogP contribution >= 0.6 is 15.9 Å². The van der Waals surface area contributed by atoms with Gasteiger partial charge in [0.25, 0.3) is 0 Å². The molecule has 7 heteroatoms. The number of halogens is 2. The second-order valence-electron chi connectivity index (χ2n) is 5.25. The maximum atomic E-state index is 14.2. The minimum absolute atomic E-state index is 0.225. The summed E-state index contributed by atoms with van der Waals surface area (Å²) in [6.45, 7) is 1.96. The van der Waals surface area contributed by atoms with E-state index in [2.05, 4.69) is 26.2 Å². The maximum Gasteiger partial charge on any atom is 0.340 e. The zero-order valence-corrected chi connectivity index (χ0v) is 14.9. The van der Waals surface area contributed by atoms with E-state index < -0.39 is 11.8 Å². The third-order valence-corrected chi connectivity index (χ3v) is 4.08. The Morgan fingerprint density at radius 2 is 2.12 bits per heavy atom. The number of carbonyl (C=O) groups excluding carboxylic acids is 1. The Hall–Kier alpha value is -2.67. The fourth-order valence-electron chi connectivity index (χ4n) is 2.51. The van der Waals surface area contributed by atoms with Crippen molar-refractivity contribution in [2.75, 3.05) is 17.7 Å². The molecule has 0 aliphatic carbocycles. The minimum atomic E-state index is -0.518. The number of nitrogens with zero attached hydrogens (tertiary/aromatic N) is 1. The van der Waals surface area contributed by atoms with Gasteiger partial charge in [0.05, 0.1) is 40.1 Å². The number of carbonyl (C=O) groups is 1. The van der Waals surface area contributed by atoms with Gasteiger partial charge in [0.15, 0.2) is 0 Å². The van der Waals surface area contributed by atoms with Crippen LogP contribution < -0.4 is 11.1 Å². The van der Waals surface area contributed by atoms with E-state index in [0.29, 0.717) is 26.8 Å². The Morgan fingerprint density at radius 3 is 2.88 bits per heavy atom. The van der Waals surface area contributed by atoms with Crippen LogP contribution in [0.4, 0.5) is 21.5 Å². The predicted molar refractivity (Wildman–Crippen MR) is 99.5 cm³/mol. The number of esters is 1. The summed E-state index contributed by atoms with van der Waals surface area (Å²) in [4.78, 5) is 16.2. The summed E-state index contributed by atoms with van der Waals surface area (Å²) in [5, 5.41) is 3.44. The van der Waals surface area contributed by atoms with Gasteiger partial charge in [0.2, 0.25) is 0 Å². The number of hydrogen-bond acceptors (Lipinski definition) is 5. The van der Waals surface area contributed by atoms with Gasteiger partial charge in [-0.2, -0.15) is 0 Å². The van der Waals surface area contributed by atoms with Crippen LogP contribution in [0.3, 0.4) is 0 Å². The Kier molecular flexibility index (Phi) is 4.85. The van der Waals surface area contributed by atoms with Crippen LogP contribution in [0.25, 0.3) is 10.9 Å². The first-order chi connectivity index (χ1) is 12.0. The first kappa shape index (κ1) is 17.2. The second kappa shape index (κ2) is 7.06. The number of rotatable bonds is 4. The number of nitrogens with one attached hydrogen (secondary N) is 1. The van der Waals surface area contributed by atoms with E-state index >= 15 is 0 Å². The highest BCUT2D eigenvalue weighted by Gasteiger charge is 2.16. The van der Waals surface area contributed by atoms with Gasteiger partial charge < -0.3 is 15.8 Å². The van der Waals surface area contributed by atoms with Gasteiger partial charge in [-0.25, -0.2) is 9.18 Å². The summed E-state index contributed by atoms with van der Waals surface area (Å²) in [6.07, 6.45) is 1.57. The molecule has 1 heterocycles. The van der Waals surface area contributed by atoms with Crippen LogP contribution in [0.2, 0.25) is 0 Å². The molecule has 0 aliphatic rings. The van der Waals surface area contributed by atoms with Crippen LogP contribution in [0.15, 0.2) is 47.1 Å². The third-order valence-electron chi connectivity index (χ3n) is 3.63. The van der Waals surface area contributed by atoms with E-state index in [0.717, 1.165) is 0 Å². The van der Waals surface area contributed by atoms with E-state index in [1.807, 2.05) is 0 Å². The molecule has 25 heavy (non-hydrogen) atoms. The molecule has 0 saturated heterocycles. The number of nitrogen functional groups attached to an aromatic ring is 1. The molecule has 0 unspecified atom stereocenters. The number of aromatic nitrogens is 1. The number of anilines is 3. The molecule has 0 amide bonds. The van der Waals surface area contributed by atoms with Gasteiger partial charge in [0.1, 0.15) is 5.82 Å². The molecule has 1 aromatic heterocycles. The Labute approximate surface area is 152 Å². The molecule has 0 atom stereocenters. The SMILES string of the molecule is CCOC(=O)c1cc(Br)cc(Nc2ccnc3cccc(F)c23)c1N. The lowest BCUT2D eigenvalue weighted by Gasteiger charge is -2.15. The van der Waals surface area contributed by atoms with Crippen molar-refractivity contribution in [3.05, 3.63) is 58.4 Å². The van der Waals surface area contributed by atoms with Gasteiger partial charge >= 0.3 is 5.97 Å². The van der Waals surface area contributed by atoms with Gasteiger partial charge in [-0.3, -0.25) is 4.98 Å². The number of fused-ring (bicyclic) bond motifs is 1. The summed E-state index contributed by atoms with van der Waals surface area (Å²) in [5.41, 5.74) is 8.06. The monoisotopic (exact) mass is 403 g/mol. The van der Waals surface area contributed by atoms with E-state index in [9.17, 15) is 9.18 Å². The van der Waals surface area contributed by atoms with Crippen LogP contribution in [-0.2, 0) is 4.74 Å². The van der Waals surface area contributed by atoms with Crippen molar-refractivity contribution in [2.24, 2.45) is 0 Å². The lowest BCUT2D eigenvalue weighted by molar-refractivity contribution is 0.0527. The van der Waals surface area contributed by atoms with Crippen LogP contribution in [0, 0.1) is 5.82 Å². The zero-order valence-electron chi connectivity index (χ0n) is 13.3. The molecular formula is C18H15BrFN3O2.